The van der Waals surface area contributed by atoms with Crippen LogP contribution in [0, 0.1) is 5.41 Å². The van der Waals surface area contributed by atoms with Crippen molar-refractivity contribution in [3.8, 4) is 0 Å². The summed E-state index contributed by atoms with van der Waals surface area (Å²) in [5.74, 6) is -0.951. The Morgan fingerprint density at radius 1 is 1.23 bits per heavy atom. The van der Waals surface area contributed by atoms with Crippen molar-refractivity contribution < 1.29 is 24.5 Å². The third-order valence-electron chi connectivity index (χ3n) is 4.64. The van der Waals surface area contributed by atoms with Gasteiger partial charge in [0.15, 0.2) is 0 Å². The van der Waals surface area contributed by atoms with Crippen molar-refractivity contribution in [2.45, 2.75) is 77.0 Å². The van der Waals surface area contributed by atoms with Gasteiger partial charge >= 0.3 is 12.1 Å². The van der Waals surface area contributed by atoms with Crippen LogP contribution in [-0.2, 0) is 9.53 Å². The van der Waals surface area contributed by atoms with Crippen LogP contribution < -0.4 is 0 Å². The zero-order valence-electron chi connectivity index (χ0n) is 13.7. The van der Waals surface area contributed by atoms with Gasteiger partial charge in [-0.05, 0) is 51.9 Å². The van der Waals surface area contributed by atoms with Crippen LogP contribution in [0.3, 0.4) is 0 Å². The fourth-order valence-corrected chi connectivity index (χ4v) is 3.55. The second-order valence-electron chi connectivity index (χ2n) is 7.56. The maximum absolute atomic E-state index is 12.3. The highest BCUT2D eigenvalue weighted by atomic mass is 16.6. The van der Waals surface area contributed by atoms with Crippen LogP contribution in [0.15, 0.2) is 0 Å². The van der Waals surface area contributed by atoms with Crippen molar-refractivity contribution >= 4 is 12.1 Å². The van der Waals surface area contributed by atoms with Crippen molar-refractivity contribution in [3.63, 3.8) is 0 Å². The lowest BCUT2D eigenvalue weighted by molar-refractivity contribution is -0.142. The van der Waals surface area contributed by atoms with Crippen LogP contribution in [-0.4, -0.2) is 51.5 Å². The minimum Gasteiger partial charge on any atom is -0.480 e. The monoisotopic (exact) mass is 313 g/mol. The van der Waals surface area contributed by atoms with E-state index in [1.165, 1.54) is 4.90 Å². The maximum atomic E-state index is 12.3. The summed E-state index contributed by atoms with van der Waals surface area (Å²) >= 11 is 0. The smallest absolute Gasteiger partial charge is 0.411 e. The molecule has 1 saturated heterocycles. The average molecular weight is 313 g/mol. The third-order valence-corrected chi connectivity index (χ3v) is 4.64. The van der Waals surface area contributed by atoms with E-state index in [4.69, 9.17) is 9.84 Å². The van der Waals surface area contributed by atoms with Crippen molar-refractivity contribution in [2.24, 2.45) is 5.41 Å². The summed E-state index contributed by atoms with van der Waals surface area (Å²) in [5.41, 5.74) is -0.670. The number of carboxylic acid groups (broad SMARTS) is 1. The summed E-state index contributed by atoms with van der Waals surface area (Å²) in [4.78, 5) is 25.3. The van der Waals surface area contributed by atoms with E-state index in [2.05, 4.69) is 0 Å². The van der Waals surface area contributed by atoms with E-state index in [1.54, 1.807) is 20.8 Å². The first-order chi connectivity index (χ1) is 10.2. The largest absolute Gasteiger partial charge is 0.480 e. The van der Waals surface area contributed by atoms with Gasteiger partial charge in [-0.15, -0.1) is 0 Å². The number of carbonyl (C=O) groups excluding carboxylic acids is 1. The van der Waals surface area contributed by atoms with Gasteiger partial charge in [-0.25, -0.2) is 9.59 Å². The van der Waals surface area contributed by atoms with Crippen LogP contribution in [0.25, 0.3) is 0 Å². The first-order valence-corrected chi connectivity index (χ1v) is 8.05. The molecule has 0 aromatic rings. The van der Waals surface area contributed by atoms with E-state index < -0.39 is 23.7 Å². The predicted octanol–water partition coefficient (Wildman–Crippen LogP) is 2.39. The zero-order valence-corrected chi connectivity index (χ0v) is 13.7. The Hall–Kier alpha value is -1.30. The first kappa shape index (κ1) is 17.1. The number of piperidine rings is 1. The van der Waals surface area contributed by atoms with Gasteiger partial charge in [0.1, 0.15) is 11.6 Å². The quantitative estimate of drug-likeness (QED) is 0.735. The number of carboxylic acids is 1. The molecule has 1 amide bonds. The second kappa shape index (κ2) is 6.07. The molecule has 2 rings (SSSR count). The Kier molecular flexibility index (Phi) is 4.70. The van der Waals surface area contributed by atoms with E-state index in [0.717, 1.165) is 32.1 Å². The normalized spacial score (nSPS) is 30.1. The van der Waals surface area contributed by atoms with Gasteiger partial charge in [0.25, 0.3) is 0 Å². The number of likely N-dealkylation sites (tertiary alicyclic amines) is 1. The van der Waals surface area contributed by atoms with Gasteiger partial charge in [-0.1, -0.05) is 12.8 Å². The van der Waals surface area contributed by atoms with Crippen molar-refractivity contribution in [2.75, 3.05) is 6.61 Å². The fraction of sp³-hybridized carbons (Fsp3) is 0.875. The van der Waals surface area contributed by atoms with E-state index in [0.29, 0.717) is 6.42 Å². The molecule has 3 atom stereocenters. The number of aliphatic hydroxyl groups is 1. The van der Waals surface area contributed by atoms with Crippen LogP contribution in [0.2, 0.25) is 0 Å². The molecule has 0 spiro atoms. The lowest BCUT2D eigenvalue weighted by Gasteiger charge is -2.28. The minimum atomic E-state index is -0.951. The van der Waals surface area contributed by atoms with E-state index >= 15 is 0 Å². The maximum Gasteiger partial charge on any atom is 0.411 e. The molecule has 6 nitrogen and oxygen atoms in total. The Labute approximate surface area is 131 Å². The molecule has 0 radical (unpaired) electrons. The number of amides is 1. The molecule has 22 heavy (non-hydrogen) atoms. The molecule has 1 aliphatic carbocycles. The summed E-state index contributed by atoms with van der Waals surface area (Å²) in [6, 6.07) is -0.774. The summed E-state index contributed by atoms with van der Waals surface area (Å²) < 4.78 is 5.38. The Morgan fingerprint density at radius 2 is 1.91 bits per heavy atom. The number of unbranched alkanes of at least 4 members (excludes halogenated alkanes) is 2. The highest BCUT2D eigenvalue weighted by Crippen LogP contribution is 2.62. The molecule has 6 heteroatoms. The van der Waals surface area contributed by atoms with Gasteiger partial charge in [0.05, 0.1) is 0 Å². The number of carbonyl (C=O) groups is 2. The van der Waals surface area contributed by atoms with Crippen molar-refractivity contribution in [3.05, 3.63) is 0 Å². The number of ether oxygens (including phenoxy) is 1. The molecule has 126 valence electrons. The molecule has 1 saturated carbocycles. The molecule has 0 aromatic heterocycles. The SMILES string of the molecule is CC(C)(C)OC(=O)N1C(C(=O)O)CC2(CCCCCO)CC12. The molecule has 3 unspecified atom stereocenters. The molecule has 2 aliphatic rings. The highest BCUT2D eigenvalue weighted by Gasteiger charge is 2.67. The third kappa shape index (κ3) is 3.54. The molecule has 1 heterocycles. The van der Waals surface area contributed by atoms with Gasteiger partial charge in [-0.2, -0.15) is 0 Å². The van der Waals surface area contributed by atoms with Gasteiger partial charge < -0.3 is 14.9 Å². The fourth-order valence-electron chi connectivity index (χ4n) is 3.55. The molecule has 0 bridgehead atoms. The average Bonchev–Trinajstić information content (AvgIpc) is 2.97. The number of hydrogen-bond acceptors (Lipinski definition) is 4. The number of rotatable bonds is 6. The standard InChI is InChI=1S/C16H27NO5/c1-15(2,3)22-14(21)17-11(13(19)20)9-16(10-12(16)17)7-5-4-6-8-18/h11-12,18H,4-10H2,1-3H3,(H,19,20). The number of aliphatic carboxylic acids is 1. The van der Waals surface area contributed by atoms with Crippen LogP contribution >= 0.6 is 0 Å². The van der Waals surface area contributed by atoms with Crippen LogP contribution in [0.4, 0.5) is 4.79 Å². The van der Waals surface area contributed by atoms with E-state index in [9.17, 15) is 14.7 Å². The Bertz CT molecular complexity index is 444. The van der Waals surface area contributed by atoms with Crippen LogP contribution in [0.5, 0.6) is 0 Å². The number of nitrogens with zero attached hydrogens (tertiary/aromatic N) is 1. The van der Waals surface area contributed by atoms with Gasteiger partial charge in [0.2, 0.25) is 0 Å². The Balaban J connectivity index is 2.01. The Morgan fingerprint density at radius 3 is 2.45 bits per heavy atom. The van der Waals surface area contributed by atoms with Crippen molar-refractivity contribution in [1.82, 2.24) is 4.90 Å². The lowest BCUT2D eigenvalue weighted by atomic mass is 9.93. The van der Waals surface area contributed by atoms with Crippen LogP contribution in [0.1, 0.15) is 59.3 Å². The van der Waals surface area contributed by atoms with E-state index in [1.807, 2.05) is 0 Å². The second-order valence-corrected chi connectivity index (χ2v) is 7.56. The molecular formula is C16H27NO5. The minimum absolute atomic E-state index is 0.00224. The predicted molar refractivity (Wildman–Crippen MR) is 80.5 cm³/mol. The number of aliphatic hydroxyl groups excluding tert-OH is 1. The molecular weight excluding hydrogens is 286 g/mol. The lowest BCUT2D eigenvalue weighted by Crippen LogP contribution is -2.45. The summed E-state index contributed by atoms with van der Waals surface area (Å²) in [6.45, 7) is 5.54. The summed E-state index contributed by atoms with van der Waals surface area (Å²) in [5, 5.41) is 18.2. The molecule has 0 aromatic carbocycles. The van der Waals surface area contributed by atoms with Crippen molar-refractivity contribution in [1.29, 1.82) is 0 Å². The van der Waals surface area contributed by atoms with Gasteiger partial charge in [0, 0.05) is 12.6 Å². The first-order valence-electron chi connectivity index (χ1n) is 8.05. The highest BCUT2D eigenvalue weighted by molar-refractivity contribution is 5.82. The zero-order chi connectivity index (χ0) is 16.5. The molecule has 1 aliphatic heterocycles. The van der Waals surface area contributed by atoms with E-state index in [-0.39, 0.29) is 18.1 Å². The molecule has 2 N–H and O–H groups in total. The number of fused-ring (bicyclic) bond motifs is 1. The summed E-state index contributed by atoms with van der Waals surface area (Å²) in [7, 11) is 0. The molecule has 2 fully saturated rings. The topological polar surface area (TPSA) is 87.1 Å². The number of hydrogen-bond donors (Lipinski definition) is 2. The summed E-state index contributed by atoms with van der Waals surface area (Å²) in [6.07, 6.45) is 4.47. The van der Waals surface area contributed by atoms with Gasteiger partial charge in [-0.3, -0.25) is 4.90 Å².